The maximum atomic E-state index is 13.0. The molecule has 1 aliphatic heterocycles. The van der Waals surface area contributed by atoms with Crippen molar-refractivity contribution in [3.8, 4) is 0 Å². The van der Waals surface area contributed by atoms with Crippen molar-refractivity contribution in [3.05, 3.63) is 42.2 Å². The van der Waals surface area contributed by atoms with Crippen molar-refractivity contribution in [1.29, 1.82) is 0 Å². The smallest absolute Gasteiger partial charge is 0.226 e. The van der Waals surface area contributed by atoms with Crippen LogP contribution in [0.25, 0.3) is 0 Å². The quantitative estimate of drug-likeness (QED) is 0.790. The zero-order chi connectivity index (χ0) is 17.1. The van der Waals surface area contributed by atoms with E-state index in [1.807, 2.05) is 12.1 Å². The van der Waals surface area contributed by atoms with E-state index in [0.717, 1.165) is 44.2 Å². The number of morpholine rings is 1. The van der Waals surface area contributed by atoms with Crippen LogP contribution in [0.1, 0.15) is 37.7 Å². The zero-order valence-corrected chi connectivity index (χ0v) is 14.5. The summed E-state index contributed by atoms with van der Waals surface area (Å²) in [5.74, 6) is 0.470. The highest BCUT2D eigenvalue weighted by atomic mass is 16.5. The number of hydrogen-bond acceptors (Lipinski definition) is 4. The first-order chi connectivity index (χ1) is 12.3. The molecule has 4 atom stereocenters. The van der Waals surface area contributed by atoms with Crippen LogP contribution >= 0.6 is 0 Å². The van der Waals surface area contributed by atoms with Gasteiger partial charge in [0.2, 0.25) is 5.91 Å². The minimum absolute atomic E-state index is 0.0127. The Hall–Kier alpha value is -1.72. The SMILES string of the molecule is O=C([C@H]1CC=CCC1)N1CCO[C@H]2[C@H](OCc3ccncc3)CC[C@@H]21. The summed E-state index contributed by atoms with van der Waals surface area (Å²) in [6.07, 6.45) is 12.8. The molecule has 0 aromatic carbocycles. The Morgan fingerprint density at radius 2 is 2.12 bits per heavy atom. The standard InChI is InChI=1S/C20H26N2O3/c23-20(16-4-2-1-3-5-16)22-12-13-24-19-17(22)6-7-18(19)25-14-15-8-10-21-11-9-15/h1-2,8-11,16-19H,3-7,12-14H2/t16-,17-,18+,19+/m0/s1. The number of hydrogen-bond donors (Lipinski definition) is 0. The Morgan fingerprint density at radius 3 is 2.92 bits per heavy atom. The number of fused-ring (bicyclic) bond motifs is 1. The van der Waals surface area contributed by atoms with Gasteiger partial charge in [-0.3, -0.25) is 9.78 Å². The van der Waals surface area contributed by atoms with Gasteiger partial charge in [0.05, 0.1) is 25.4 Å². The lowest BCUT2D eigenvalue weighted by molar-refractivity contribution is -0.156. The molecule has 1 aromatic rings. The molecule has 1 amide bonds. The average molecular weight is 342 g/mol. The maximum Gasteiger partial charge on any atom is 0.226 e. The molecule has 3 aliphatic rings. The number of rotatable bonds is 4. The largest absolute Gasteiger partial charge is 0.372 e. The average Bonchev–Trinajstić information content (AvgIpc) is 3.10. The van der Waals surface area contributed by atoms with E-state index >= 15 is 0 Å². The molecule has 1 saturated heterocycles. The van der Waals surface area contributed by atoms with Crippen LogP contribution in [0.2, 0.25) is 0 Å². The lowest BCUT2D eigenvalue weighted by atomic mass is 9.92. The predicted molar refractivity (Wildman–Crippen MR) is 93.8 cm³/mol. The fraction of sp³-hybridized carbons (Fsp3) is 0.600. The highest BCUT2D eigenvalue weighted by molar-refractivity contribution is 5.79. The second kappa shape index (κ2) is 7.67. The molecule has 1 aromatic heterocycles. The molecule has 5 nitrogen and oxygen atoms in total. The van der Waals surface area contributed by atoms with E-state index in [9.17, 15) is 4.79 Å². The van der Waals surface area contributed by atoms with Crippen LogP contribution in [0.3, 0.4) is 0 Å². The van der Waals surface area contributed by atoms with Gasteiger partial charge in [-0.25, -0.2) is 0 Å². The number of nitrogens with zero attached hydrogens (tertiary/aromatic N) is 2. The Morgan fingerprint density at radius 1 is 1.24 bits per heavy atom. The summed E-state index contributed by atoms with van der Waals surface area (Å²) in [5.41, 5.74) is 1.12. The number of ether oxygens (including phenoxy) is 2. The first-order valence-electron chi connectivity index (χ1n) is 9.40. The van der Waals surface area contributed by atoms with E-state index in [2.05, 4.69) is 22.0 Å². The minimum atomic E-state index is 0.0127. The number of allylic oxidation sites excluding steroid dienone is 2. The number of aromatic nitrogens is 1. The molecule has 0 bridgehead atoms. The molecule has 0 unspecified atom stereocenters. The van der Waals surface area contributed by atoms with Gasteiger partial charge in [-0.05, 0) is 49.8 Å². The Kier molecular flexibility index (Phi) is 5.13. The van der Waals surface area contributed by atoms with Crippen LogP contribution in [-0.2, 0) is 20.9 Å². The van der Waals surface area contributed by atoms with Gasteiger partial charge in [0.25, 0.3) is 0 Å². The summed E-state index contributed by atoms with van der Waals surface area (Å²) >= 11 is 0. The topological polar surface area (TPSA) is 51.7 Å². The molecular formula is C20H26N2O3. The number of pyridine rings is 1. The molecule has 0 radical (unpaired) electrons. The molecule has 0 N–H and O–H groups in total. The third-order valence-electron chi connectivity index (χ3n) is 5.65. The van der Waals surface area contributed by atoms with Gasteiger partial charge in [-0.15, -0.1) is 0 Å². The van der Waals surface area contributed by atoms with Gasteiger partial charge >= 0.3 is 0 Å². The summed E-state index contributed by atoms with van der Waals surface area (Å²) in [7, 11) is 0. The van der Waals surface area contributed by atoms with Crippen molar-refractivity contribution in [3.63, 3.8) is 0 Å². The third kappa shape index (κ3) is 3.62. The molecule has 25 heavy (non-hydrogen) atoms. The van der Waals surface area contributed by atoms with Crippen molar-refractivity contribution in [2.45, 2.75) is 57.0 Å². The monoisotopic (exact) mass is 342 g/mol. The fourth-order valence-corrected chi connectivity index (χ4v) is 4.30. The molecule has 2 fully saturated rings. The summed E-state index contributed by atoms with van der Waals surface area (Å²) in [6, 6.07) is 4.12. The van der Waals surface area contributed by atoms with Crippen LogP contribution in [0.4, 0.5) is 0 Å². The van der Waals surface area contributed by atoms with Crippen LogP contribution in [-0.4, -0.2) is 47.2 Å². The van der Waals surface area contributed by atoms with E-state index in [1.54, 1.807) is 12.4 Å². The molecule has 0 spiro atoms. The second-order valence-electron chi connectivity index (χ2n) is 7.20. The maximum absolute atomic E-state index is 13.0. The Labute approximate surface area is 149 Å². The van der Waals surface area contributed by atoms with Crippen molar-refractivity contribution in [1.82, 2.24) is 9.88 Å². The first-order valence-corrected chi connectivity index (χ1v) is 9.40. The number of amides is 1. The molecule has 134 valence electrons. The predicted octanol–water partition coefficient (Wildman–Crippen LogP) is 2.71. The lowest BCUT2D eigenvalue weighted by Crippen LogP contribution is -2.55. The van der Waals surface area contributed by atoms with Gasteiger partial charge in [-0.2, -0.15) is 0 Å². The highest BCUT2D eigenvalue weighted by Gasteiger charge is 2.45. The molecular weight excluding hydrogens is 316 g/mol. The van der Waals surface area contributed by atoms with E-state index in [-0.39, 0.29) is 24.2 Å². The van der Waals surface area contributed by atoms with Gasteiger partial charge in [0.15, 0.2) is 0 Å². The highest BCUT2D eigenvalue weighted by Crippen LogP contribution is 2.34. The van der Waals surface area contributed by atoms with E-state index in [4.69, 9.17) is 9.47 Å². The van der Waals surface area contributed by atoms with E-state index < -0.39 is 0 Å². The molecule has 1 saturated carbocycles. The lowest BCUT2D eigenvalue weighted by Gasteiger charge is -2.40. The van der Waals surface area contributed by atoms with Crippen LogP contribution < -0.4 is 0 Å². The van der Waals surface area contributed by atoms with Crippen molar-refractivity contribution in [2.75, 3.05) is 13.2 Å². The fourth-order valence-electron chi connectivity index (χ4n) is 4.30. The van der Waals surface area contributed by atoms with Crippen LogP contribution in [0, 0.1) is 5.92 Å². The second-order valence-corrected chi connectivity index (χ2v) is 7.20. The molecule has 2 heterocycles. The summed E-state index contributed by atoms with van der Waals surface area (Å²) in [5, 5.41) is 0. The number of carbonyl (C=O) groups is 1. The van der Waals surface area contributed by atoms with E-state index in [1.165, 1.54) is 0 Å². The third-order valence-corrected chi connectivity index (χ3v) is 5.65. The van der Waals surface area contributed by atoms with Crippen molar-refractivity contribution >= 4 is 5.91 Å². The van der Waals surface area contributed by atoms with Gasteiger partial charge in [0.1, 0.15) is 6.10 Å². The molecule has 4 rings (SSSR count). The van der Waals surface area contributed by atoms with Crippen molar-refractivity contribution in [2.24, 2.45) is 5.92 Å². The van der Waals surface area contributed by atoms with Gasteiger partial charge in [0, 0.05) is 24.9 Å². The number of carbonyl (C=O) groups excluding carboxylic acids is 1. The Bertz CT molecular complexity index is 619. The molecule has 5 heteroatoms. The first kappa shape index (κ1) is 16.7. The zero-order valence-electron chi connectivity index (χ0n) is 14.5. The summed E-state index contributed by atoms with van der Waals surface area (Å²) in [6.45, 7) is 1.91. The minimum Gasteiger partial charge on any atom is -0.372 e. The van der Waals surface area contributed by atoms with Gasteiger partial charge in [-0.1, -0.05) is 12.2 Å². The van der Waals surface area contributed by atoms with Crippen molar-refractivity contribution < 1.29 is 14.3 Å². The summed E-state index contributed by atoms with van der Waals surface area (Å²) < 4.78 is 12.2. The Balaban J connectivity index is 1.38. The molecule has 2 aliphatic carbocycles. The normalized spacial score (nSPS) is 31.8. The van der Waals surface area contributed by atoms with Crippen LogP contribution in [0.15, 0.2) is 36.7 Å². The van der Waals surface area contributed by atoms with Gasteiger partial charge < -0.3 is 14.4 Å². The van der Waals surface area contributed by atoms with Crippen LogP contribution in [0.5, 0.6) is 0 Å². The van der Waals surface area contributed by atoms with E-state index in [0.29, 0.717) is 19.1 Å². The summed E-state index contributed by atoms with van der Waals surface area (Å²) in [4.78, 5) is 19.1.